The van der Waals surface area contributed by atoms with Crippen LogP contribution in [-0.2, 0) is 9.53 Å². The third-order valence-corrected chi connectivity index (χ3v) is 7.31. The zero-order valence-corrected chi connectivity index (χ0v) is 14.6. The number of aliphatic hydroxyl groups is 1. The van der Waals surface area contributed by atoms with Crippen LogP contribution >= 0.6 is 0 Å². The first kappa shape index (κ1) is 16.3. The van der Waals surface area contributed by atoms with E-state index < -0.39 is 6.10 Å². The van der Waals surface area contributed by atoms with Crippen LogP contribution in [0.2, 0.25) is 0 Å². The van der Waals surface area contributed by atoms with Crippen molar-refractivity contribution in [3.8, 4) is 0 Å². The van der Waals surface area contributed by atoms with Gasteiger partial charge in [0.05, 0.1) is 19.1 Å². The highest BCUT2D eigenvalue weighted by Gasteiger charge is 2.66. The highest BCUT2D eigenvalue weighted by molar-refractivity contribution is 5.70. The molecule has 3 saturated carbocycles. The largest absolute Gasteiger partial charge is 0.466 e. The van der Waals surface area contributed by atoms with E-state index in [0.29, 0.717) is 17.9 Å². The number of aliphatic hydroxyl groups excluding tert-OH is 1. The van der Waals surface area contributed by atoms with Gasteiger partial charge < -0.3 is 9.84 Å². The molecule has 0 radical (unpaired) electrons. The SMILES string of the molecule is CCOC(=O)C[C@H](O)[C@H]1[C@H]2CC[C@@H]3[C@@H]2C(C)(C)CCC[C@]13C. The van der Waals surface area contributed by atoms with Crippen LogP contribution in [0.5, 0.6) is 0 Å². The number of rotatable bonds is 4. The van der Waals surface area contributed by atoms with E-state index in [2.05, 4.69) is 20.8 Å². The number of carbonyl (C=O) groups is 1. The molecule has 3 heteroatoms. The van der Waals surface area contributed by atoms with Crippen molar-refractivity contribution in [2.24, 2.45) is 34.5 Å². The molecule has 0 saturated heterocycles. The first-order valence-electron chi connectivity index (χ1n) is 9.15. The molecule has 0 spiro atoms. The molecule has 4 bridgehead atoms. The molecule has 0 amide bonds. The molecular weight excluding hydrogens is 276 g/mol. The van der Waals surface area contributed by atoms with Gasteiger partial charge in [0, 0.05) is 0 Å². The molecule has 0 aliphatic heterocycles. The number of hydrogen-bond donors (Lipinski definition) is 1. The van der Waals surface area contributed by atoms with E-state index in [1.807, 2.05) is 6.92 Å². The van der Waals surface area contributed by atoms with Crippen molar-refractivity contribution in [1.29, 1.82) is 0 Å². The number of esters is 1. The van der Waals surface area contributed by atoms with E-state index in [1.54, 1.807) is 0 Å². The van der Waals surface area contributed by atoms with Crippen molar-refractivity contribution in [1.82, 2.24) is 0 Å². The molecule has 0 aromatic heterocycles. The highest BCUT2D eigenvalue weighted by Crippen LogP contribution is 2.71. The summed E-state index contributed by atoms with van der Waals surface area (Å²) in [6.45, 7) is 9.46. The molecule has 0 aromatic rings. The third kappa shape index (κ3) is 2.31. The number of ether oxygens (including phenoxy) is 1. The van der Waals surface area contributed by atoms with Crippen molar-refractivity contribution in [3.05, 3.63) is 0 Å². The van der Waals surface area contributed by atoms with Gasteiger partial charge in [-0.3, -0.25) is 4.79 Å². The van der Waals surface area contributed by atoms with Gasteiger partial charge in [-0.1, -0.05) is 27.2 Å². The molecule has 1 N–H and O–H groups in total. The maximum atomic E-state index is 11.8. The van der Waals surface area contributed by atoms with E-state index in [0.717, 1.165) is 11.8 Å². The van der Waals surface area contributed by atoms with Crippen molar-refractivity contribution in [2.45, 2.75) is 72.3 Å². The summed E-state index contributed by atoms with van der Waals surface area (Å²) in [5, 5.41) is 10.8. The zero-order valence-electron chi connectivity index (χ0n) is 14.6. The van der Waals surface area contributed by atoms with Crippen LogP contribution in [0.4, 0.5) is 0 Å². The first-order valence-corrected chi connectivity index (χ1v) is 9.15. The summed E-state index contributed by atoms with van der Waals surface area (Å²) in [5.41, 5.74) is 0.593. The van der Waals surface area contributed by atoms with Crippen molar-refractivity contribution in [3.63, 3.8) is 0 Å². The Kier molecular flexibility index (Phi) is 4.08. The van der Waals surface area contributed by atoms with E-state index in [1.165, 1.54) is 32.1 Å². The van der Waals surface area contributed by atoms with Gasteiger partial charge in [0.1, 0.15) is 0 Å². The predicted octanol–water partition coefficient (Wildman–Crippen LogP) is 3.79. The van der Waals surface area contributed by atoms with Crippen LogP contribution in [0.25, 0.3) is 0 Å². The average molecular weight is 308 g/mol. The Balaban J connectivity index is 1.85. The second-order valence-corrected chi connectivity index (χ2v) is 8.82. The average Bonchev–Trinajstić information content (AvgIpc) is 2.89. The zero-order chi connectivity index (χ0) is 16.1. The van der Waals surface area contributed by atoms with Crippen LogP contribution < -0.4 is 0 Å². The Bertz CT molecular complexity index is 444. The highest BCUT2D eigenvalue weighted by atomic mass is 16.5. The van der Waals surface area contributed by atoms with Gasteiger partial charge in [0.2, 0.25) is 0 Å². The summed E-state index contributed by atoms with van der Waals surface area (Å²) in [4.78, 5) is 11.8. The van der Waals surface area contributed by atoms with Crippen molar-refractivity contribution in [2.75, 3.05) is 6.61 Å². The number of carbonyl (C=O) groups excluding carboxylic acids is 1. The summed E-state index contributed by atoms with van der Waals surface area (Å²) in [6.07, 6.45) is 5.96. The van der Waals surface area contributed by atoms with E-state index in [-0.39, 0.29) is 23.7 Å². The fraction of sp³-hybridized carbons (Fsp3) is 0.947. The van der Waals surface area contributed by atoms with E-state index in [4.69, 9.17) is 4.74 Å². The van der Waals surface area contributed by atoms with Crippen LogP contribution in [0.3, 0.4) is 0 Å². The Morgan fingerprint density at radius 1 is 1.27 bits per heavy atom. The summed E-state index contributed by atoms with van der Waals surface area (Å²) in [6, 6.07) is 0. The van der Waals surface area contributed by atoms with Gasteiger partial charge in [-0.05, 0) is 67.1 Å². The Morgan fingerprint density at radius 2 is 2.00 bits per heavy atom. The molecule has 3 aliphatic rings. The molecule has 0 heterocycles. The lowest BCUT2D eigenvalue weighted by molar-refractivity contribution is -0.147. The third-order valence-electron chi connectivity index (χ3n) is 7.31. The van der Waals surface area contributed by atoms with E-state index >= 15 is 0 Å². The van der Waals surface area contributed by atoms with Gasteiger partial charge in [-0.25, -0.2) is 0 Å². The molecule has 0 unspecified atom stereocenters. The standard InChI is InChI=1S/C19H32O3/c1-5-22-15(21)11-14(20)17-12-7-8-13-16(12)18(2,3)9-6-10-19(13,17)4/h12-14,16-17,20H,5-11H2,1-4H3/t12-,13+,14-,16+,17+,19-/m0/s1. The predicted molar refractivity (Wildman–Crippen MR) is 86.2 cm³/mol. The Hall–Kier alpha value is -0.570. The quantitative estimate of drug-likeness (QED) is 0.804. The maximum absolute atomic E-state index is 11.8. The van der Waals surface area contributed by atoms with Crippen LogP contribution in [-0.4, -0.2) is 23.8 Å². The molecule has 3 rings (SSSR count). The monoisotopic (exact) mass is 308 g/mol. The Morgan fingerprint density at radius 3 is 2.68 bits per heavy atom. The molecular formula is C19H32O3. The maximum Gasteiger partial charge on any atom is 0.308 e. The molecule has 3 aliphatic carbocycles. The molecule has 0 aromatic carbocycles. The smallest absolute Gasteiger partial charge is 0.308 e. The minimum Gasteiger partial charge on any atom is -0.466 e. The summed E-state index contributed by atoms with van der Waals surface area (Å²) in [7, 11) is 0. The minimum atomic E-state index is -0.532. The second kappa shape index (κ2) is 5.51. The lowest BCUT2D eigenvalue weighted by Crippen LogP contribution is -2.42. The van der Waals surface area contributed by atoms with Gasteiger partial charge in [0.25, 0.3) is 0 Å². The molecule has 3 nitrogen and oxygen atoms in total. The first-order chi connectivity index (χ1) is 10.3. The molecule has 22 heavy (non-hydrogen) atoms. The second-order valence-electron chi connectivity index (χ2n) is 8.82. The topological polar surface area (TPSA) is 46.5 Å². The van der Waals surface area contributed by atoms with Crippen molar-refractivity contribution >= 4 is 5.97 Å². The fourth-order valence-electron chi connectivity index (χ4n) is 6.72. The van der Waals surface area contributed by atoms with Crippen LogP contribution in [0, 0.1) is 34.5 Å². The van der Waals surface area contributed by atoms with Gasteiger partial charge in [-0.15, -0.1) is 0 Å². The van der Waals surface area contributed by atoms with Gasteiger partial charge in [-0.2, -0.15) is 0 Å². The van der Waals surface area contributed by atoms with Gasteiger partial charge >= 0.3 is 5.97 Å². The van der Waals surface area contributed by atoms with Crippen molar-refractivity contribution < 1.29 is 14.6 Å². The van der Waals surface area contributed by atoms with Crippen LogP contribution in [0.15, 0.2) is 0 Å². The number of hydrogen-bond acceptors (Lipinski definition) is 3. The normalized spacial score (nSPS) is 43.7. The molecule has 126 valence electrons. The Labute approximate surface area is 134 Å². The lowest BCUT2D eigenvalue weighted by Gasteiger charge is -2.44. The fourth-order valence-corrected chi connectivity index (χ4v) is 6.72. The lowest BCUT2D eigenvalue weighted by atomic mass is 9.62. The molecule has 3 fully saturated rings. The summed E-state index contributed by atoms with van der Waals surface area (Å²) in [5.74, 6) is 2.08. The van der Waals surface area contributed by atoms with Crippen LogP contribution in [0.1, 0.15) is 66.2 Å². The minimum absolute atomic E-state index is 0.171. The van der Waals surface area contributed by atoms with Gasteiger partial charge in [0.15, 0.2) is 0 Å². The van der Waals surface area contributed by atoms with E-state index in [9.17, 15) is 9.90 Å². The summed E-state index contributed by atoms with van der Waals surface area (Å²) < 4.78 is 5.06. The molecule has 6 atom stereocenters. The summed E-state index contributed by atoms with van der Waals surface area (Å²) >= 11 is 0.